The van der Waals surface area contributed by atoms with Crippen LogP contribution in [0.15, 0.2) is 4.52 Å². The van der Waals surface area contributed by atoms with Gasteiger partial charge in [0.2, 0.25) is 5.89 Å². The van der Waals surface area contributed by atoms with Gasteiger partial charge in [-0.15, -0.1) is 0 Å². The lowest BCUT2D eigenvalue weighted by atomic mass is 9.96. The van der Waals surface area contributed by atoms with Gasteiger partial charge in [0.05, 0.1) is 11.8 Å². The van der Waals surface area contributed by atoms with Gasteiger partial charge in [-0.1, -0.05) is 11.6 Å². The van der Waals surface area contributed by atoms with Crippen molar-refractivity contribution >= 4 is 5.97 Å². The lowest BCUT2D eigenvalue weighted by Crippen LogP contribution is -2.17. The minimum Gasteiger partial charge on any atom is -0.481 e. The van der Waals surface area contributed by atoms with Crippen LogP contribution in [0.25, 0.3) is 0 Å². The fraction of sp³-hybridized carbons (Fsp3) is 0.750. The molecular formula is C12H19N3O3. The van der Waals surface area contributed by atoms with E-state index in [0.717, 1.165) is 25.8 Å². The van der Waals surface area contributed by atoms with Crippen molar-refractivity contribution in [3.63, 3.8) is 0 Å². The Morgan fingerprint density at radius 2 is 2.28 bits per heavy atom. The summed E-state index contributed by atoms with van der Waals surface area (Å²) < 4.78 is 5.22. The van der Waals surface area contributed by atoms with Crippen molar-refractivity contribution in [3.8, 4) is 0 Å². The average Bonchev–Trinajstić information content (AvgIpc) is 2.94. The second kappa shape index (κ2) is 5.48. The van der Waals surface area contributed by atoms with E-state index in [4.69, 9.17) is 9.63 Å². The Morgan fingerprint density at radius 1 is 1.50 bits per heavy atom. The van der Waals surface area contributed by atoms with Crippen LogP contribution in [0.3, 0.4) is 0 Å². The molecule has 1 aromatic heterocycles. The first-order valence-electron chi connectivity index (χ1n) is 6.28. The summed E-state index contributed by atoms with van der Waals surface area (Å²) in [6, 6.07) is 0. The van der Waals surface area contributed by atoms with Crippen molar-refractivity contribution in [1.82, 2.24) is 15.0 Å². The second-order valence-electron chi connectivity index (χ2n) is 5.08. The SMILES string of the molecule is CN(C)CCc1noc(C2CCCC2C(=O)O)n1. The number of nitrogens with zero attached hydrogens (tertiary/aromatic N) is 3. The number of likely N-dealkylation sites (N-methyl/N-ethyl adjacent to an activating group) is 1. The molecule has 0 amide bonds. The molecule has 1 aliphatic rings. The predicted octanol–water partition coefficient (Wildman–Crippen LogP) is 1.14. The number of aliphatic carboxylic acids is 1. The maximum absolute atomic E-state index is 11.1. The molecule has 6 heteroatoms. The molecule has 1 N–H and O–H groups in total. The number of hydrogen-bond donors (Lipinski definition) is 1. The van der Waals surface area contributed by atoms with Crippen LogP contribution in [0.5, 0.6) is 0 Å². The summed E-state index contributed by atoms with van der Waals surface area (Å²) >= 11 is 0. The maximum Gasteiger partial charge on any atom is 0.307 e. The number of carbonyl (C=O) groups is 1. The zero-order valence-electron chi connectivity index (χ0n) is 10.8. The quantitative estimate of drug-likeness (QED) is 0.847. The number of rotatable bonds is 5. The van der Waals surface area contributed by atoms with E-state index in [-0.39, 0.29) is 11.8 Å². The predicted molar refractivity (Wildman–Crippen MR) is 64.3 cm³/mol. The lowest BCUT2D eigenvalue weighted by molar-refractivity contribution is -0.142. The van der Waals surface area contributed by atoms with Gasteiger partial charge in [0.25, 0.3) is 0 Å². The third kappa shape index (κ3) is 2.87. The van der Waals surface area contributed by atoms with Crippen LogP contribution in [0.4, 0.5) is 0 Å². The highest BCUT2D eigenvalue weighted by atomic mass is 16.5. The van der Waals surface area contributed by atoms with Crippen LogP contribution in [0.2, 0.25) is 0 Å². The Labute approximate surface area is 106 Å². The van der Waals surface area contributed by atoms with E-state index >= 15 is 0 Å². The first-order chi connectivity index (χ1) is 8.58. The largest absolute Gasteiger partial charge is 0.481 e. The molecule has 0 aromatic carbocycles. The van der Waals surface area contributed by atoms with Gasteiger partial charge in [-0.25, -0.2) is 0 Å². The monoisotopic (exact) mass is 253 g/mol. The molecular weight excluding hydrogens is 234 g/mol. The van der Waals surface area contributed by atoms with Crippen molar-refractivity contribution in [2.24, 2.45) is 5.92 Å². The molecule has 0 bridgehead atoms. The first kappa shape index (κ1) is 13.0. The van der Waals surface area contributed by atoms with E-state index in [1.165, 1.54) is 0 Å². The summed E-state index contributed by atoms with van der Waals surface area (Å²) in [4.78, 5) is 17.5. The summed E-state index contributed by atoms with van der Waals surface area (Å²) in [5.41, 5.74) is 0. The van der Waals surface area contributed by atoms with Crippen LogP contribution in [0.1, 0.15) is 36.9 Å². The summed E-state index contributed by atoms with van der Waals surface area (Å²) in [6.07, 6.45) is 3.17. The van der Waals surface area contributed by atoms with Crippen molar-refractivity contribution in [1.29, 1.82) is 0 Å². The molecule has 2 atom stereocenters. The lowest BCUT2D eigenvalue weighted by Gasteiger charge is -2.10. The number of aromatic nitrogens is 2. The number of carboxylic acids is 1. The number of carboxylic acid groups (broad SMARTS) is 1. The molecule has 0 radical (unpaired) electrons. The van der Waals surface area contributed by atoms with E-state index in [2.05, 4.69) is 10.1 Å². The van der Waals surface area contributed by atoms with E-state index in [0.29, 0.717) is 18.1 Å². The topological polar surface area (TPSA) is 79.5 Å². The average molecular weight is 253 g/mol. The van der Waals surface area contributed by atoms with Crippen LogP contribution in [-0.2, 0) is 11.2 Å². The Bertz CT molecular complexity index is 416. The van der Waals surface area contributed by atoms with Gasteiger partial charge < -0.3 is 14.5 Å². The van der Waals surface area contributed by atoms with E-state index in [9.17, 15) is 4.79 Å². The van der Waals surface area contributed by atoms with Crippen LogP contribution in [0, 0.1) is 5.92 Å². The molecule has 1 heterocycles. The zero-order chi connectivity index (χ0) is 13.1. The second-order valence-corrected chi connectivity index (χ2v) is 5.08. The van der Waals surface area contributed by atoms with Gasteiger partial charge in [0.1, 0.15) is 0 Å². The highest BCUT2D eigenvalue weighted by Crippen LogP contribution is 2.38. The molecule has 0 saturated heterocycles. The molecule has 2 rings (SSSR count). The third-order valence-corrected chi connectivity index (χ3v) is 3.42. The first-order valence-corrected chi connectivity index (χ1v) is 6.28. The standard InChI is InChI=1S/C12H19N3O3/c1-15(2)7-6-10-13-11(18-14-10)8-4-3-5-9(8)12(16)17/h8-9H,3-7H2,1-2H3,(H,16,17). The highest BCUT2D eigenvalue weighted by molar-refractivity contribution is 5.71. The van der Waals surface area contributed by atoms with Gasteiger partial charge in [0.15, 0.2) is 5.82 Å². The van der Waals surface area contributed by atoms with Crippen LogP contribution < -0.4 is 0 Å². The fourth-order valence-corrected chi connectivity index (χ4v) is 2.39. The van der Waals surface area contributed by atoms with E-state index < -0.39 is 5.97 Å². The molecule has 0 spiro atoms. The Hall–Kier alpha value is -1.43. The summed E-state index contributed by atoms with van der Waals surface area (Å²) in [5.74, 6) is -0.0795. The Kier molecular flexibility index (Phi) is 3.96. The van der Waals surface area contributed by atoms with Crippen molar-refractivity contribution < 1.29 is 14.4 Å². The highest BCUT2D eigenvalue weighted by Gasteiger charge is 2.37. The Balaban J connectivity index is 2.03. The fourth-order valence-electron chi connectivity index (χ4n) is 2.39. The Morgan fingerprint density at radius 3 is 2.94 bits per heavy atom. The van der Waals surface area contributed by atoms with E-state index in [1.807, 2.05) is 19.0 Å². The van der Waals surface area contributed by atoms with Crippen molar-refractivity contribution in [3.05, 3.63) is 11.7 Å². The smallest absolute Gasteiger partial charge is 0.307 e. The molecule has 18 heavy (non-hydrogen) atoms. The molecule has 2 unspecified atom stereocenters. The van der Waals surface area contributed by atoms with Gasteiger partial charge in [-0.3, -0.25) is 4.79 Å². The molecule has 100 valence electrons. The minimum absolute atomic E-state index is 0.108. The normalized spacial score (nSPS) is 23.7. The van der Waals surface area contributed by atoms with Gasteiger partial charge in [0, 0.05) is 13.0 Å². The maximum atomic E-state index is 11.1. The van der Waals surface area contributed by atoms with E-state index in [1.54, 1.807) is 0 Å². The summed E-state index contributed by atoms with van der Waals surface area (Å²) in [6.45, 7) is 0.853. The summed E-state index contributed by atoms with van der Waals surface area (Å²) in [7, 11) is 3.97. The zero-order valence-corrected chi connectivity index (χ0v) is 10.8. The van der Waals surface area contributed by atoms with Gasteiger partial charge in [-0.05, 0) is 26.9 Å². The third-order valence-electron chi connectivity index (χ3n) is 3.42. The van der Waals surface area contributed by atoms with Crippen LogP contribution >= 0.6 is 0 Å². The van der Waals surface area contributed by atoms with Gasteiger partial charge in [-0.2, -0.15) is 4.98 Å². The molecule has 1 aromatic rings. The molecule has 1 aliphatic carbocycles. The van der Waals surface area contributed by atoms with Crippen molar-refractivity contribution in [2.45, 2.75) is 31.6 Å². The molecule has 0 aliphatic heterocycles. The molecule has 6 nitrogen and oxygen atoms in total. The minimum atomic E-state index is -0.759. The molecule has 1 saturated carbocycles. The van der Waals surface area contributed by atoms with Gasteiger partial charge >= 0.3 is 5.97 Å². The van der Waals surface area contributed by atoms with Crippen LogP contribution in [-0.4, -0.2) is 46.8 Å². The summed E-state index contributed by atoms with van der Waals surface area (Å²) in [5, 5.41) is 13.1. The van der Waals surface area contributed by atoms with Crippen molar-refractivity contribution in [2.75, 3.05) is 20.6 Å². The molecule has 1 fully saturated rings. The number of hydrogen-bond acceptors (Lipinski definition) is 5.